The minimum Gasteiger partial charge on any atom is -0.382 e. The Morgan fingerprint density at radius 1 is 1.21 bits per heavy atom. The molecule has 4 nitrogen and oxygen atoms in total. The van der Waals surface area contributed by atoms with Gasteiger partial charge in [0.05, 0.1) is 12.6 Å². The summed E-state index contributed by atoms with van der Waals surface area (Å²) in [7, 11) is 0. The maximum Gasteiger partial charge on any atom is 0.237 e. The summed E-state index contributed by atoms with van der Waals surface area (Å²) >= 11 is 1.68. The van der Waals surface area contributed by atoms with Gasteiger partial charge in [0.1, 0.15) is 0 Å². The van der Waals surface area contributed by atoms with Gasteiger partial charge in [-0.25, -0.2) is 0 Å². The van der Waals surface area contributed by atoms with Crippen LogP contribution >= 0.6 is 11.3 Å². The number of piperidine rings is 1. The summed E-state index contributed by atoms with van der Waals surface area (Å²) in [5, 5.41) is 8.67. The Morgan fingerprint density at radius 3 is 2.62 bits per heavy atom. The van der Waals surface area contributed by atoms with Crippen LogP contribution in [-0.2, 0) is 11.3 Å². The Kier molecular flexibility index (Phi) is 5.88. The molecule has 2 aromatic rings. The van der Waals surface area contributed by atoms with Crippen molar-refractivity contribution in [3.8, 4) is 0 Å². The van der Waals surface area contributed by atoms with E-state index in [0.29, 0.717) is 12.6 Å². The predicted molar refractivity (Wildman–Crippen MR) is 100 cm³/mol. The van der Waals surface area contributed by atoms with Gasteiger partial charge in [0, 0.05) is 29.7 Å². The molecule has 1 aliphatic rings. The summed E-state index contributed by atoms with van der Waals surface area (Å²) in [6, 6.07) is 14.8. The lowest BCUT2D eigenvalue weighted by Gasteiger charge is -2.36. The zero-order chi connectivity index (χ0) is 16.8. The van der Waals surface area contributed by atoms with Crippen molar-refractivity contribution >= 4 is 22.9 Å². The largest absolute Gasteiger partial charge is 0.382 e. The second kappa shape index (κ2) is 8.31. The van der Waals surface area contributed by atoms with Gasteiger partial charge in [-0.05, 0) is 43.3 Å². The van der Waals surface area contributed by atoms with Crippen LogP contribution in [0.3, 0.4) is 0 Å². The van der Waals surface area contributed by atoms with E-state index < -0.39 is 0 Å². The summed E-state index contributed by atoms with van der Waals surface area (Å²) in [5.41, 5.74) is 1.18. The molecule has 1 fully saturated rings. The third kappa shape index (κ3) is 4.58. The van der Waals surface area contributed by atoms with E-state index >= 15 is 0 Å². The van der Waals surface area contributed by atoms with Crippen molar-refractivity contribution < 1.29 is 4.79 Å². The Labute approximate surface area is 147 Å². The van der Waals surface area contributed by atoms with Crippen LogP contribution in [0.4, 0.5) is 5.69 Å². The number of para-hydroxylation sites is 1. The number of rotatable bonds is 6. The molecule has 1 aromatic carbocycles. The number of carbonyl (C=O) groups excluding carboxylic acids is 1. The molecule has 1 saturated heterocycles. The highest BCUT2D eigenvalue weighted by Crippen LogP contribution is 2.18. The molecule has 1 aliphatic heterocycles. The standard InChI is InChI=1S/C19H25N3OS/c1-15(19(23)20-14-18-8-5-13-24-18)22-11-9-17(10-12-22)21-16-6-3-2-4-7-16/h2-8,13,15,17,21H,9-12,14H2,1H3,(H,20,23)/t15-/m1/s1. The molecule has 0 spiro atoms. The van der Waals surface area contributed by atoms with E-state index in [0.717, 1.165) is 25.9 Å². The lowest BCUT2D eigenvalue weighted by Crippen LogP contribution is -2.49. The molecule has 2 N–H and O–H groups in total. The average molecular weight is 343 g/mol. The van der Waals surface area contributed by atoms with E-state index in [1.165, 1.54) is 10.6 Å². The van der Waals surface area contributed by atoms with Crippen molar-refractivity contribution in [1.82, 2.24) is 10.2 Å². The molecule has 1 aromatic heterocycles. The molecule has 5 heteroatoms. The van der Waals surface area contributed by atoms with Crippen LogP contribution in [0.2, 0.25) is 0 Å². The highest BCUT2D eigenvalue weighted by Gasteiger charge is 2.26. The van der Waals surface area contributed by atoms with Crippen molar-refractivity contribution in [2.24, 2.45) is 0 Å². The third-order valence-electron chi connectivity index (χ3n) is 4.62. The zero-order valence-corrected chi connectivity index (χ0v) is 14.9. The maximum atomic E-state index is 12.3. The van der Waals surface area contributed by atoms with Crippen LogP contribution in [0.1, 0.15) is 24.6 Å². The molecule has 0 unspecified atom stereocenters. The quantitative estimate of drug-likeness (QED) is 0.846. The molecule has 0 radical (unpaired) electrons. The first-order valence-electron chi connectivity index (χ1n) is 8.58. The molecule has 24 heavy (non-hydrogen) atoms. The minimum atomic E-state index is -0.0670. The normalized spacial score (nSPS) is 17.4. The van der Waals surface area contributed by atoms with Crippen molar-refractivity contribution in [3.63, 3.8) is 0 Å². The van der Waals surface area contributed by atoms with Crippen LogP contribution in [0.5, 0.6) is 0 Å². The van der Waals surface area contributed by atoms with E-state index in [4.69, 9.17) is 0 Å². The predicted octanol–water partition coefficient (Wildman–Crippen LogP) is 3.33. The van der Waals surface area contributed by atoms with Gasteiger partial charge in [-0.15, -0.1) is 11.3 Å². The van der Waals surface area contributed by atoms with Gasteiger partial charge in [0.2, 0.25) is 5.91 Å². The first kappa shape index (κ1) is 17.0. The topological polar surface area (TPSA) is 44.4 Å². The van der Waals surface area contributed by atoms with E-state index in [1.807, 2.05) is 24.4 Å². The first-order chi connectivity index (χ1) is 11.7. The summed E-state index contributed by atoms with van der Waals surface area (Å²) in [6.07, 6.45) is 2.13. The summed E-state index contributed by atoms with van der Waals surface area (Å²) in [4.78, 5) is 15.8. The van der Waals surface area contributed by atoms with Crippen molar-refractivity contribution in [1.29, 1.82) is 0 Å². The fourth-order valence-electron chi connectivity index (χ4n) is 3.10. The second-order valence-electron chi connectivity index (χ2n) is 6.29. The third-order valence-corrected chi connectivity index (χ3v) is 5.49. The lowest BCUT2D eigenvalue weighted by atomic mass is 10.0. The van der Waals surface area contributed by atoms with E-state index in [-0.39, 0.29) is 11.9 Å². The number of carbonyl (C=O) groups is 1. The number of nitrogens with zero attached hydrogens (tertiary/aromatic N) is 1. The number of hydrogen-bond donors (Lipinski definition) is 2. The number of hydrogen-bond acceptors (Lipinski definition) is 4. The Bertz CT molecular complexity index is 621. The monoisotopic (exact) mass is 343 g/mol. The van der Waals surface area contributed by atoms with Gasteiger partial charge in [-0.3, -0.25) is 9.69 Å². The van der Waals surface area contributed by atoms with Crippen molar-refractivity contribution in [2.45, 2.75) is 38.4 Å². The second-order valence-corrected chi connectivity index (χ2v) is 7.33. The molecule has 0 bridgehead atoms. The van der Waals surface area contributed by atoms with Gasteiger partial charge >= 0.3 is 0 Å². The van der Waals surface area contributed by atoms with Crippen LogP contribution in [0.15, 0.2) is 47.8 Å². The van der Waals surface area contributed by atoms with Crippen molar-refractivity contribution in [3.05, 3.63) is 52.7 Å². The van der Waals surface area contributed by atoms with E-state index in [2.05, 4.69) is 45.9 Å². The molecular weight excluding hydrogens is 318 g/mol. The van der Waals surface area contributed by atoms with Gasteiger partial charge in [-0.1, -0.05) is 24.3 Å². The molecule has 0 saturated carbocycles. The summed E-state index contributed by atoms with van der Waals surface area (Å²) in [6.45, 7) is 4.55. The molecule has 3 rings (SSSR count). The van der Waals surface area contributed by atoms with E-state index in [1.54, 1.807) is 11.3 Å². The van der Waals surface area contributed by atoms with Crippen LogP contribution in [0, 0.1) is 0 Å². The number of amides is 1. The number of likely N-dealkylation sites (tertiary alicyclic amines) is 1. The number of thiophene rings is 1. The fraction of sp³-hybridized carbons (Fsp3) is 0.421. The fourth-order valence-corrected chi connectivity index (χ4v) is 3.75. The molecule has 128 valence electrons. The maximum absolute atomic E-state index is 12.3. The first-order valence-corrected chi connectivity index (χ1v) is 9.46. The van der Waals surface area contributed by atoms with Gasteiger partial charge in [0.25, 0.3) is 0 Å². The number of anilines is 1. The Morgan fingerprint density at radius 2 is 1.96 bits per heavy atom. The van der Waals surface area contributed by atoms with Gasteiger partial charge < -0.3 is 10.6 Å². The molecule has 1 amide bonds. The molecule has 2 heterocycles. The number of nitrogens with one attached hydrogen (secondary N) is 2. The lowest BCUT2D eigenvalue weighted by molar-refractivity contribution is -0.126. The number of benzene rings is 1. The molecule has 0 aliphatic carbocycles. The zero-order valence-electron chi connectivity index (χ0n) is 14.1. The summed E-state index contributed by atoms with van der Waals surface area (Å²) in [5.74, 6) is 0.123. The molecule has 1 atom stereocenters. The minimum absolute atomic E-state index is 0.0670. The van der Waals surface area contributed by atoms with Crippen LogP contribution in [0.25, 0.3) is 0 Å². The van der Waals surface area contributed by atoms with Crippen LogP contribution < -0.4 is 10.6 Å². The van der Waals surface area contributed by atoms with E-state index in [9.17, 15) is 4.79 Å². The Balaban J connectivity index is 1.42. The van der Waals surface area contributed by atoms with Gasteiger partial charge in [0.15, 0.2) is 0 Å². The SMILES string of the molecule is C[C@H](C(=O)NCc1cccs1)N1CCC(Nc2ccccc2)CC1. The average Bonchev–Trinajstić information content (AvgIpc) is 3.14. The van der Waals surface area contributed by atoms with Crippen molar-refractivity contribution in [2.75, 3.05) is 18.4 Å². The highest BCUT2D eigenvalue weighted by molar-refractivity contribution is 7.09. The van der Waals surface area contributed by atoms with Gasteiger partial charge in [-0.2, -0.15) is 0 Å². The highest BCUT2D eigenvalue weighted by atomic mass is 32.1. The Hall–Kier alpha value is -1.85. The smallest absolute Gasteiger partial charge is 0.237 e. The van der Waals surface area contributed by atoms with Crippen LogP contribution in [-0.4, -0.2) is 36.0 Å². The summed E-state index contributed by atoms with van der Waals surface area (Å²) < 4.78 is 0. The molecular formula is C19H25N3OS.